The number of azo groups is 1. The predicted octanol–water partition coefficient (Wildman–Crippen LogP) is 9.97. The van der Waals surface area contributed by atoms with Crippen molar-refractivity contribution in [3.05, 3.63) is 69.6 Å². The minimum atomic E-state index is -0.142. The molecule has 10 heteroatoms. The van der Waals surface area contributed by atoms with Gasteiger partial charge in [0.05, 0.1) is 15.6 Å². The van der Waals surface area contributed by atoms with Gasteiger partial charge in [-0.15, -0.1) is 21.6 Å². The third kappa shape index (κ3) is 8.75. The number of hydrogen-bond acceptors (Lipinski definition) is 8. The molecule has 0 aliphatic heterocycles. The van der Waals surface area contributed by atoms with Crippen LogP contribution in [0.15, 0.2) is 64.3 Å². The number of thiophene rings is 1. The van der Waals surface area contributed by atoms with Crippen molar-refractivity contribution >= 4 is 62.7 Å². The van der Waals surface area contributed by atoms with Gasteiger partial charge in [-0.2, -0.15) is 15.8 Å². The van der Waals surface area contributed by atoms with Crippen molar-refractivity contribution in [2.45, 2.75) is 58.8 Å². The molecule has 0 spiro atoms. The Balaban J connectivity index is 2.02. The fraction of sp³-hybridized carbons (Fsp3) is 0.312. The zero-order valence-electron chi connectivity index (χ0n) is 23.7. The van der Waals surface area contributed by atoms with E-state index in [1.807, 2.05) is 36.4 Å². The number of rotatable bonds is 14. The fourth-order valence-corrected chi connectivity index (χ4v) is 5.40. The molecule has 1 N–H and O–H groups in total. The maximum atomic E-state index is 12.9. The van der Waals surface area contributed by atoms with E-state index in [9.17, 15) is 10.1 Å². The van der Waals surface area contributed by atoms with E-state index in [0.29, 0.717) is 22.7 Å². The van der Waals surface area contributed by atoms with Crippen molar-refractivity contribution in [2.75, 3.05) is 16.8 Å². The summed E-state index contributed by atoms with van der Waals surface area (Å²) in [4.78, 5) is 15.5. The topological polar surface area (TPSA) is 128 Å². The highest BCUT2D eigenvalue weighted by atomic mass is 35.5. The summed E-state index contributed by atoms with van der Waals surface area (Å²) < 4.78 is 0. The lowest BCUT2D eigenvalue weighted by molar-refractivity contribution is -0.116. The zero-order chi connectivity index (χ0) is 30.3. The average Bonchev–Trinajstić information content (AvgIpc) is 3.31. The second kappa shape index (κ2) is 16.7. The number of nitrogens with zero attached hydrogens (tertiary/aromatic N) is 6. The Morgan fingerprint density at radius 2 is 1.71 bits per heavy atom. The van der Waals surface area contributed by atoms with Crippen LogP contribution in [0.1, 0.15) is 69.2 Å². The number of hydrogen-bond donors (Lipinski definition) is 1. The molecule has 3 aromatic rings. The maximum absolute atomic E-state index is 12.9. The molecule has 1 aromatic heterocycles. The van der Waals surface area contributed by atoms with Crippen LogP contribution in [0.2, 0.25) is 5.02 Å². The molecule has 0 bridgehead atoms. The van der Waals surface area contributed by atoms with Gasteiger partial charge >= 0.3 is 0 Å². The summed E-state index contributed by atoms with van der Waals surface area (Å²) >= 11 is 7.41. The van der Waals surface area contributed by atoms with Gasteiger partial charge < -0.3 is 10.2 Å². The van der Waals surface area contributed by atoms with Crippen LogP contribution in [-0.2, 0) is 4.79 Å². The van der Waals surface area contributed by atoms with Crippen LogP contribution >= 0.6 is 22.9 Å². The number of amides is 1. The van der Waals surface area contributed by atoms with Gasteiger partial charge in [0.25, 0.3) is 0 Å². The highest BCUT2D eigenvalue weighted by Crippen LogP contribution is 2.41. The SMILES string of the molecule is CCCCCCC(=O)Nc1cc(N(CCCC)c2ccccc2)ccc1/N=N/c1sc(C=C(C#N)C#N)c(Cl)c1C#N. The first kappa shape index (κ1) is 32.0. The van der Waals surface area contributed by atoms with Crippen molar-refractivity contribution < 1.29 is 4.79 Å². The van der Waals surface area contributed by atoms with E-state index in [2.05, 4.69) is 46.4 Å². The van der Waals surface area contributed by atoms with E-state index in [1.165, 1.54) is 6.08 Å². The Morgan fingerprint density at radius 1 is 0.976 bits per heavy atom. The van der Waals surface area contributed by atoms with Gasteiger partial charge in [0.1, 0.15) is 35.0 Å². The lowest BCUT2D eigenvalue weighted by Crippen LogP contribution is -2.19. The van der Waals surface area contributed by atoms with E-state index in [0.717, 1.165) is 67.8 Å². The minimum Gasteiger partial charge on any atom is -0.341 e. The number of nitrogens with one attached hydrogen (secondary N) is 1. The van der Waals surface area contributed by atoms with E-state index in [4.69, 9.17) is 22.1 Å². The Bertz CT molecular complexity index is 1540. The third-order valence-corrected chi connectivity index (χ3v) is 7.89. The van der Waals surface area contributed by atoms with Gasteiger partial charge in [-0.3, -0.25) is 4.79 Å². The molecule has 0 saturated carbocycles. The normalized spacial score (nSPS) is 10.5. The molecular weight excluding hydrogens is 566 g/mol. The van der Waals surface area contributed by atoms with Crippen LogP contribution in [-0.4, -0.2) is 12.5 Å². The molecule has 0 aliphatic rings. The number of carbonyl (C=O) groups excluding carboxylic acids is 1. The number of nitriles is 3. The smallest absolute Gasteiger partial charge is 0.224 e. The zero-order valence-corrected chi connectivity index (χ0v) is 25.3. The summed E-state index contributed by atoms with van der Waals surface area (Å²) in [5.74, 6) is -0.107. The predicted molar refractivity (Wildman–Crippen MR) is 170 cm³/mol. The number of unbranched alkanes of at least 4 members (excludes halogenated alkanes) is 4. The van der Waals surface area contributed by atoms with E-state index < -0.39 is 0 Å². The number of benzene rings is 2. The van der Waals surface area contributed by atoms with Crippen molar-refractivity contribution in [3.63, 3.8) is 0 Å². The molecule has 214 valence electrons. The summed E-state index contributed by atoms with van der Waals surface area (Å²) in [6.45, 7) is 5.07. The molecule has 0 unspecified atom stereocenters. The van der Waals surface area contributed by atoms with Gasteiger partial charge in [0, 0.05) is 24.3 Å². The van der Waals surface area contributed by atoms with Gasteiger partial charge in [-0.1, -0.05) is 69.3 Å². The quantitative estimate of drug-likeness (QED) is 0.112. The van der Waals surface area contributed by atoms with Crippen molar-refractivity contribution in [3.8, 4) is 18.2 Å². The summed E-state index contributed by atoms with van der Waals surface area (Å²) in [5.41, 5.74) is 2.83. The summed E-state index contributed by atoms with van der Waals surface area (Å²) in [7, 11) is 0. The number of halogens is 1. The average molecular weight is 598 g/mol. The van der Waals surface area contributed by atoms with Crippen LogP contribution in [0.3, 0.4) is 0 Å². The molecule has 3 rings (SSSR count). The fourth-order valence-electron chi connectivity index (χ4n) is 4.13. The van der Waals surface area contributed by atoms with Gasteiger partial charge in [-0.05, 0) is 49.2 Å². The lowest BCUT2D eigenvalue weighted by Gasteiger charge is -2.26. The van der Waals surface area contributed by atoms with Crippen LogP contribution < -0.4 is 10.2 Å². The first-order valence-electron chi connectivity index (χ1n) is 13.9. The van der Waals surface area contributed by atoms with Crippen LogP contribution in [0.25, 0.3) is 6.08 Å². The number of para-hydroxylation sites is 1. The highest BCUT2D eigenvalue weighted by molar-refractivity contribution is 7.17. The first-order chi connectivity index (χ1) is 20.4. The van der Waals surface area contributed by atoms with E-state index >= 15 is 0 Å². The monoisotopic (exact) mass is 597 g/mol. The Hall–Kier alpha value is -4.49. The number of anilines is 3. The largest absolute Gasteiger partial charge is 0.341 e. The molecule has 8 nitrogen and oxygen atoms in total. The van der Waals surface area contributed by atoms with Crippen molar-refractivity contribution in [1.29, 1.82) is 15.8 Å². The Labute approximate surface area is 256 Å². The molecule has 0 radical (unpaired) electrons. The Morgan fingerprint density at radius 3 is 2.38 bits per heavy atom. The van der Waals surface area contributed by atoms with E-state index in [-0.39, 0.29) is 27.1 Å². The highest BCUT2D eigenvalue weighted by Gasteiger charge is 2.18. The summed E-state index contributed by atoms with van der Waals surface area (Å²) in [5, 5.41) is 40.0. The van der Waals surface area contributed by atoms with Gasteiger partial charge in [0.2, 0.25) is 5.91 Å². The first-order valence-corrected chi connectivity index (χ1v) is 15.1. The molecule has 0 saturated heterocycles. The molecule has 0 aliphatic carbocycles. The standard InChI is InChI=1S/C32H32ClN7OS/c1-3-5-7-11-14-30(41)37-28-19-25(40(17-6-4-2)24-12-9-8-10-13-24)15-16-27(28)38-39-32-26(22-36)31(33)29(42-32)18-23(20-34)21-35/h8-10,12-13,15-16,18-19H,3-7,11,14,17H2,1-2H3,(H,37,41)/b39-38+. The Kier molecular flexibility index (Phi) is 12.7. The van der Waals surface area contributed by atoms with Gasteiger partial charge in [0.15, 0.2) is 5.00 Å². The second-order valence-electron chi connectivity index (χ2n) is 9.45. The molecule has 0 fully saturated rings. The van der Waals surface area contributed by atoms with E-state index in [1.54, 1.807) is 18.2 Å². The van der Waals surface area contributed by atoms with Crippen molar-refractivity contribution in [2.24, 2.45) is 10.2 Å². The van der Waals surface area contributed by atoms with Crippen LogP contribution in [0.4, 0.5) is 27.8 Å². The lowest BCUT2D eigenvalue weighted by atomic mass is 10.1. The van der Waals surface area contributed by atoms with Gasteiger partial charge in [-0.25, -0.2) is 0 Å². The summed E-state index contributed by atoms with van der Waals surface area (Å²) in [6.07, 6.45) is 7.69. The maximum Gasteiger partial charge on any atom is 0.224 e. The number of allylic oxidation sites excluding steroid dienone is 1. The molecule has 0 atom stereocenters. The molecule has 42 heavy (non-hydrogen) atoms. The molecule has 2 aromatic carbocycles. The second-order valence-corrected chi connectivity index (χ2v) is 10.9. The molecule has 1 heterocycles. The minimum absolute atomic E-state index is 0.0971. The number of carbonyl (C=O) groups is 1. The van der Waals surface area contributed by atoms with Crippen molar-refractivity contribution in [1.82, 2.24) is 0 Å². The molecule has 1 amide bonds. The van der Waals surface area contributed by atoms with Crippen LogP contribution in [0.5, 0.6) is 0 Å². The third-order valence-electron chi connectivity index (χ3n) is 6.36. The molecular formula is C32H32ClN7OS. The van der Waals surface area contributed by atoms with Crippen LogP contribution in [0, 0.1) is 34.0 Å². The summed E-state index contributed by atoms with van der Waals surface area (Å²) in [6, 6.07) is 21.3.